The van der Waals surface area contributed by atoms with Gasteiger partial charge in [0.25, 0.3) is 10.0 Å². The van der Waals surface area contributed by atoms with E-state index in [0.29, 0.717) is 25.4 Å². The number of furan rings is 1. The molecule has 1 atom stereocenters. The van der Waals surface area contributed by atoms with Crippen molar-refractivity contribution in [2.24, 2.45) is 5.92 Å². The van der Waals surface area contributed by atoms with E-state index in [1.54, 1.807) is 11.8 Å². The Morgan fingerprint density at radius 1 is 1.22 bits per heavy atom. The van der Waals surface area contributed by atoms with E-state index in [4.69, 9.17) is 9.15 Å². The van der Waals surface area contributed by atoms with Crippen LogP contribution < -0.4 is 0 Å². The summed E-state index contributed by atoms with van der Waals surface area (Å²) < 4.78 is 36.7. The Balaban J connectivity index is 1.58. The van der Waals surface area contributed by atoms with Crippen molar-refractivity contribution in [3.8, 4) is 0 Å². The Labute approximate surface area is 158 Å². The molecule has 1 amide bonds. The zero-order valence-electron chi connectivity index (χ0n) is 15.3. The van der Waals surface area contributed by atoms with Gasteiger partial charge in [-0.05, 0) is 37.8 Å². The third kappa shape index (κ3) is 4.41. The SMILES string of the molecule is CCOC(=O)c1ccc(S(=O)(=O)N2CCN(C(=O)CC3C=CCC3)CC2)o1. The van der Waals surface area contributed by atoms with E-state index in [-0.39, 0.29) is 36.5 Å². The number of esters is 1. The fourth-order valence-electron chi connectivity index (χ4n) is 3.29. The van der Waals surface area contributed by atoms with Gasteiger partial charge in [0, 0.05) is 32.6 Å². The van der Waals surface area contributed by atoms with Gasteiger partial charge >= 0.3 is 5.97 Å². The second-order valence-corrected chi connectivity index (χ2v) is 8.46. The Hall–Kier alpha value is -2.13. The van der Waals surface area contributed by atoms with E-state index in [1.807, 2.05) is 0 Å². The first-order valence-corrected chi connectivity index (χ1v) is 10.6. The lowest BCUT2D eigenvalue weighted by molar-refractivity contribution is -0.133. The summed E-state index contributed by atoms with van der Waals surface area (Å²) in [5.74, 6) is -0.487. The van der Waals surface area contributed by atoms with E-state index in [1.165, 1.54) is 16.4 Å². The third-order valence-electron chi connectivity index (χ3n) is 4.79. The summed E-state index contributed by atoms with van der Waals surface area (Å²) >= 11 is 0. The van der Waals surface area contributed by atoms with Gasteiger partial charge in [-0.15, -0.1) is 0 Å². The number of carbonyl (C=O) groups excluding carboxylic acids is 2. The summed E-state index contributed by atoms with van der Waals surface area (Å²) in [5.41, 5.74) is 0. The molecular weight excluding hydrogens is 372 g/mol. The molecule has 1 unspecified atom stereocenters. The Kier molecular flexibility index (Phi) is 6.01. The van der Waals surface area contributed by atoms with Crippen LogP contribution >= 0.6 is 0 Å². The highest BCUT2D eigenvalue weighted by Gasteiger charge is 2.33. The summed E-state index contributed by atoms with van der Waals surface area (Å²) in [5, 5.41) is -0.290. The Bertz CT molecular complexity index is 821. The summed E-state index contributed by atoms with van der Waals surface area (Å²) in [6, 6.07) is 2.55. The maximum Gasteiger partial charge on any atom is 0.374 e. The molecule has 0 aromatic carbocycles. The number of hydrogen-bond acceptors (Lipinski definition) is 6. The second kappa shape index (κ2) is 8.26. The van der Waals surface area contributed by atoms with Gasteiger partial charge < -0.3 is 14.1 Å². The van der Waals surface area contributed by atoms with Gasteiger partial charge in [0.1, 0.15) is 0 Å². The van der Waals surface area contributed by atoms with Crippen LogP contribution in [-0.2, 0) is 19.6 Å². The zero-order chi connectivity index (χ0) is 19.4. The lowest BCUT2D eigenvalue weighted by atomic mass is 10.0. The number of allylic oxidation sites excluding steroid dienone is 2. The highest BCUT2D eigenvalue weighted by molar-refractivity contribution is 7.89. The first-order chi connectivity index (χ1) is 12.9. The number of sulfonamides is 1. The number of ether oxygens (including phenoxy) is 1. The van der Waals surface area contributed by atoms with Gasteiger partial charge in [0.05, 0.1) is 6.61 Å². The van der Waals surface area contributed by atoms with Gasteiger partial charge in [-0.1, -0.05) is 12.2 Å². The van der Waals surface area contributed by atoms with Crippen LogP contribution in [0, 0.1) is 5.92 Å². The third-order valence-corrected chi connectivity index (χ3v) is 6.57. The average Bonchev–Trinajstić information content (AvgIpc) is 3.34. The van der Waals surface area contributed by atoms with Crippen molar-refractivity contribution >= 4 is 21.9 Å². The number of carbonyl (C=O) groups is 2. The smallest absolute Gasteiger partial charge is 0.374 e. The topological polar surface area (TPSA) is 97.1 Å². The fourth-order valence-corrected chi connectivity index (χ4v) is 4.63. The van der Waals surface area contributed by atoms with Crippen molar-refractivity contribution in [1.82, 2.24) is 9.21 Å². The molecule has 0 saturated carbocycles. The highest BCUT2D eigenvalue weighted by atomic mass is 32.2. The zero-order valence-corrected chi connectivity index (χ0v) is 16.1. The molecule has 27 heavy (non-hydrogen) atoms. The molecule has 2 heterocycles. The van der Waals surface area contributed by atoms with Crippen molar-refractivity contribution in [3.63, 3.8) is 0 Å². The van der Waals surface area contributed by atoms with Gasteiger partial charge in [0.15, 0.2) is 0 Å². The van der Waals surface area contributed by atoms with Crippen LogP contribution in [0.4, 0.5) is 0 Å². The molecule has 1 fully saturated rings. The summed E-state index contributed by atoms with van der Waals surface area (Å²) in [7, 11) is -3.85. The quantitative estimate of drug-likeness (QED) is 0.536. The average molecular weight is 396 g/mol. The summed E-state index contributed by atoms with van der Waals surface area (Å²) in [6.07, 6.45) is 6.67. The van der Waals surface area contributed by atoms with Gasteiger partial charge in [-0.2, -0.15) is 4.31 Å². The summed E-state index contributed by atoms with van der Waals surface area (Å²) in [4.78, 5) is 25.7. The lowest BCUT2D eigenvalue weighted by Gasteiger charge is -2.33. The molecule has 1 aromatic heterocycles. The molecule has 1 aliphatic carbocycles. The largest absolute Gasteiger partial charge is 0.460 e. The molecule has 3 rings (SSSR count). The van der Waals surface area contributed by atoms with E-state index >= 15 is 0 Å². The lowest BCUT2D eigenvalue weighted by Crippen LogP contribution is -2.50. The first-order valence-electron chi connectivity index (χ1n) is 9.13. The molecule has 9 heteroatoms. The number of nitrogens with zero attached hydrogens (tertiary/aromatic N) is 2. The van der Waals surface area contributed by atoms with Crippen LogP contribution in [0.25, 0.3) is 0 Å². The minimum Gasteiger partial charge on any atom is -0.460 e. The van der Waals surface area contributed by atoms with E-state index in [9.17, 15) is 18.0 Å². The van der Waals surface area contributed by atoms with Crippen molar-refractivity contribution in [3.05, 3.63) is 30.0 Å². The van der Waals surface area contributed by atoms with Crippen LogP contribution in [0.5, 0.6) is 0 Å². The molecule has 0 spiro atoms. The summed E-state index contributed by atoms with van der Waals surface area (Å²) in [6.45, 7) is 2.92. The standard InChI is InChI=1S/C18H24N2O6S/c1-2-25-18(22)15-7-8-17(26-15)27(23,24)20-11-9-19(10-12-20)16(21)13-14-5-3-4-6-14/h3,5,7-8,14H,2,4,6,9-13H2,1H3. The van der Waals surface area contributed by atoms with Crippen LogP contribution in [-0.4, -0.2) is 62.3 Å². The number of amides is 1. The van der Waals surface area contributed by atoms with Crippen molar-refractivity contribution in [1.29, 1.82) is 0 Å². The molecule has 1 aromatic rings. The molecule has 2 aliphatic rings. The van der Waals surface area contributed by atoms with Crippen LogP contribution in [0.15, 0.2) is 33.8 Å². The number of hydrogen-bond donors (Lipinski definition) is 0. The monoisotopic (exact) mass is 396 g/mol. The van der Waals surface area contributed by atoms with Crippen molar-refractivity contribution in [2.75, 3.05) is 32.8 Å². The molecular formula is C18H24N2O6S. The molecule has 0 N–H and O–H groups in total. The molecule has 1 aliphatic heterocycles. The Morgan fingerprint density at radius 3 is 2.59 bits per heavy atom. The Morgan fingerprint density at radius 2 is 1.96 bits per heavy atom. The molecule has 1 saturated heterocycles. The maximum absolute atomic E-state index is 12.7. The maximum atomic E-state index is 12.7. The van der Waals surface area contributed by atoms with Gasteiger partial charge in [-0.25, -0.2) is 13.2 Å². The van der Waals surface area contributed by atoms with Crippen LogP contribution in [0.3, 0.4) is 0 Å². The van der Waals surface area contributed by atoms with E-state index in [2.05, 4.69) is 12.2 Å². The van der Waals surface area contributed by atoms with E-state index < -0.39 is 16.0 Å². The molecule has 8 nitrogen and oxygen atoms in total. The van der Waals surface area contributed by atoms with E-state index in [0.717, 1.165) is 12.8 Å². The number of piperazine rings is 1. The minimum atomic E-state index is -3.85. The van der Waals surface area contributed by atoms with Crippen LogP contribution in [0.2, 0.25) is 0 Å². The molecule has 0 bridgehead atoms. The minimum absolute atomic E-state index is 0.0613. The van der Waals surface area contributed by atoms with Crippen molar-refractivity contribution < 1.29 is 27.2 Å². The van der Waals surface area contributed by atoms with Gasteiger partial charge in [-0.3, -0.25) is 4.79 Å². The predicted octanol–water partition coefficient (Wildman–Crippen LogP) is 1.65. The molecule has 0 radical (unpaired) electrons. The predicted molar refractivity (Wildman–Crippen MR) is 96.5 cm³/mol. The van der Waals surface area contributed by atoms with Crippen LogP contribution in [0.1, 0.15) is 36.7 Å². The second-order valence-electron chi connectivity index (χ2n) is 6.59. The molecule has 148 valence electrons. The normalized spacial score (nSPS) is 20.8. The first kappa shape index (κ1) is 19.6. The number of rotatable bonds is 6. The fraction of sp³-hybridized carbons (Fsp3) is 0.556. The highest BCUT2D eigenvalue weighted by Crippen LogP contribution is 2.23. The van der Waals surface area contributed by atoms with Gasteiger partial charge in [0.2, 0.25) is 16.8 Å². The van der Waals surface area contributed by atoms with Crippen molar-refractivity contribution in [2.45, 2.75) is 31.3 Å².